The summed E-state index contributed by atoms with van der Waals surface area (Å²) < 4.78 is 10.8. The van der Waals surface area contributed by atoms with Crippen LogP contribution in [-0.2, 0) is 15.8 Å². The highest BCUT2D eigenvalue weighted by atomic mass is 31.2. The van der Waals surface area contributed by atoms with Crippen LogP contribution in [0.15, 0.2) is 30.3 Å². The van der Waals surface area contributed by atoms with E-state index in [1.165, 1.54) is 0 Å². The van der Waals surface area contributed by atoms with Crippen molar-refractivity contribution >= 4 is 13.6 Å². The zero-order valence-electron chi connectivity index (χ0n) is 10.4. The molecule has 0 heterocycles. The minimum atomic E-state index is -4.11. The van der Waals surface area contributed by atoms with Crippen molar-refractivity contribution in [3.8, 4) is 0 Å². The molecule has 0 saturated heterocycles. The predicted molar refractivity (Wildman–Crippen MR) is 70.8 cm³/mol. The van der Waals surface area contributed by atoms with Gasteiger partial charge in [0.15, 0.2) is 0 Å². The molecule has 6 nitrogen and oxygen atoms in total. The molecule has 0 amide bonds. The molecule has 5 N–H and O–H groups in total. The van der Waals surface area contributed by atoms with E-state index in [0.717, 1.165) is 5.56 Å². The molecule has 0 bridgehead atoms. The van der Waals surface area contributed by atoms with Gasteiger partial charge >= 0.3 is 13.6 Å². The topological polar surface area (TPSA) is 121 Å². The van der Waals surface area contributed by atoms with E-state index in [9.17, 15) is 14.5 Å². The van der Waals surface area contributed by atoms with Gasteiger partial charge in [-0.15, -0.1) is 0 Å². The normalized spacial score (nSPS) is 14.9. The van der Waals surface area contributed by atoms with Crippen LogP contribution in [0.1, 0.15) is 18.4 Å². The fourth-order valence-corrected chi connectivity index (χ4v) is 2.40. The number of benzene rings is 1. The lowest BCUT2D eigenvalue weighted by atomic mass is 9.87. The summed E-state index contributed by atoms with van der Waals surface area (Å²) in [5.41, 5.74) is 5.13. The van der Waals surface area contributed by atoms with E-state index in [1.54, 1.807) is 24.3 Å². The van der Waals surface area contributed by atoms with Crippen LogP contribution in [0.3, 0.4) is 0 Å². The molecule has 0 spiro atoms. The largest absolute Gasteiger partial charge is 0.480 e. The van der Waals surface area contributed by atoms with Crippen LogP contribution in [0.4, 0.5) is 0 Å². The van der Waals surface area contributed by atoms with Crippen LogP contribution in [0, 0.1) is 0 Å². The highest BCUT2D eigenvalue weighted by molar-refractivity contribution is 7.51. The third kappa shape index (κ3) is 5.53. The summed E-state index contributed by atoms with van der Waals surface area (Å²) in [6, 6.07) is 8.93. The standard InChI is InChI=1S/C12H18NO5P/c13-12(11(14)15,7-4-8-19(16,17)18)9-10-5-2-1-3-6-10/h1-3,5-6H,4,7-9,13H2,(H,14,15)(H2,16,17,18)/t12-/m0/s1. The van der Waals surface area contributed by atoms with Gasteiger partial charge in [-0.25, -0.2) is 0 Å². The molecule has 0 unspecified atom stereocenters. The Morgan fingerprint density at radius 1 is 1.26 bits per heavy atom. The molecule has 19 heavy (non-hydrogen) atoms. The van der Waals surface area contributed by atoms with E-state index in [2.05, 4.69) is 0 Å². The maximum atomic E-state index is 11.3. The highest BCUT2D eigenvalue weighted by Crippen LogP contribution is 2.36. The zero-order chi connectivity index (χ0) is 14.5. The van der Waals surface area contributed by atoms with E-state index >= 15 is 0 Å². The van der Waals surface area contributed by atoms with Gasteiger partial charge in [0.1, 0.15) is 5.54 Å². The quantitative estimate of drug-likeness (QED) is 0.554. The average molecular weight is 287 g/mol. The second-order valence-corrected chi connectivity index (χ2v) is 6.39. The van der Waals surface area contributed by atoms with Crippen LogP contribution in [0.25, 0.3) is 0 Å². The number of carboxylic acid groups (broad SMARTS) is 1. The van der Waals surface area contributed by atoms with E-state index < -0.39 is 19.1 Å². The third-order valence-electron chi connectivity index (χ3n) is 2.86. The Hall–Kier alpha value is -1.20. The van der Waals surface area contributed by atoms with Gasteiger partial charge < -0.3 is 20.6 Å². The first kappa shape index (κ1) is 15.9. The molecule has 0 aromatic heterocycles. The van der Waals surface area contributed by atoms with Gasteiger partial charge in [0.05, 0.1) is 0 Å². The van der Waals surface area contributed by atoms with Gasteiger partial charge in [-0.3, -0.25) is 9.36 Å². The molecule has 7 heteroatoms. The first-order chi connectivity index (χ1) is 8.73. The lowest BCUT2D eigenvalue weighted by Crippen LogP contribution is -2.50. The van der Waals surface area contributed by atoms with Gasteiger partial charge in [0.2, 0.25) is 0 Å². The average Bonchev–Trinajstić information content (AvgIpc) is 2.28. The maximum absolute atomic E-state index is 11.3. The van der Waals surface area contributed by atoms with Gasteiger partial charge in [-0.1, -0.05) is 30.3 Å². The number of nitrogens with two attached hydrogens (primary N) is 1. The smallest absolute Gasteiger partial charge is 0.325 e. The fourth-order valence-electron chi connectivity index (χ4n) is 1.83. The minimum absolute atomic E-state index is 0.0162. The van der Waals surface area contributed by atoms with E-state index in [-0.39, 0.29) is 25.4 Å². The summed E-state index contributed by atoms with van der Waals surface area (Å²) in [5.74, 6) is -1.16. The maximum Gasteiger partial charge on any atom is 0.325 e. The molecular weight excluding hydrogens is 269 g/mol. The van der Waals surface area contributed by atoms with Crippen LogP contribution in [0.2, 0.25) is 0 Å². The zero-order valence-corrected chi connectivity index (χ0v) is 11.3. The lowest BCUT2D eigenvalue weighted by molar-refractivity contribution is -0.143. The number of hydrogen-bond acceptors (Lipinski definition) is 3. The number of rotatable bonds is 7. The van der Waals surface area contributed by atoms with Crippen molar-refractivity contribution in [2.45, 2.75) is 24.8 Å². The molecule has 1 atom stereocenters. The predicted octanol–water partition coefficient (Wildman–Crippen LogP) is 0.969. The first-order valence-corrected chi connectivity index (χ1v) is 7.63. The second-order valence-electron chi connectivity index (χ2n) is 4.62. The second kappa shape index (κ2) is 6.30. The van der Waals surface area contributed by atoms with Crippen LogP contribution in [-0.4, -0.2) is 32.6 Å². The fraction of sp³-hybridized carbons (Fsp3) is 0.417. The lowest BCUT2D eigenvalue weighted by Gasteiger charge is -2.25. The SMILES string of the molecule is N[C@@](CCCP(=O)(O)O)(Cc1ccccc1)C(=O)O. The van der Waals surface area contributed by atoms with Gasteiger partial charge in [0, 0.05) is 12.6 Å². The molecule has 0 fully saturated rings. The molecule has 0 radical (unpaired) electrons. The van der Waals surface area contributed by atoms with Crippen molar-refractivity contribution < 1.29 is 24.3 Å². The Kier molecular flexibility index (Phi) is 5.26. The van der Waals surface area contributed by atoms with Crippen molar-refractivity contribution in [1.82, 2.24) is 0 Å². The number of carbonyl (C=O) groups is 1. The molecule has 1 aromatic rings. The van der Waals surface area contributed by atoms with Gasteiger partial charge in [-0.2, -0.15) is 0 Å². The van der Waals surface area contributed by atoms with E-state index in [0.29, 0.717) is 0 Å². The summed E-state index contributed by atoms with van der Waals surface area (Å²) in [6.45, 7) is 0. The molecule has 106 valence electrons. The van der Waals surface area contributed by atoms with Crippen LogP contribution >= 0.6 is 7.60 Å². The Labute approximate surface area is 111 Å². The van der Waals surface area contributed by atoms with E-state index in [1.807, 2.05) is 6.07 Å². The Morgan fingerprint density at radius 3 is 2.32 bits per heavy atom. The summed E-state index contributed by atoms with van der Waals surface area (Å²) in [4.78, 5) is 28.8. The third-order valence-corrected chi connectivity index (χ3v) is 3.76. The molecule has 0 aliphatic carbocycles. The van der Waals surface area contributed by atoms with Crippen molar-refractivity contribution in [1.29, 1.82) is 0 Å². The molecular formula is C12H18NO5P. The minimum Gasteiger partial charge on any atom is -0.480 e. The summed E-state index contributed by atoms with van der Waals surface area (Å²) in [6.07, 6.45) is -0.138. The number of aliphatic carboxylic acids is 1. The van der Waals surface area contributed by atoms with Gasteiger partial charge in [0.25, 0.3) is 0 Å². The van der Waals surface area contributed by atoms with Crippen molar-refractivity contribution in [3.05, 3.63) is 35.9 Å². The monoisotopic (exact) mass is 287 g/mol. The molecule has 1 rings (SSSR count). The first-order valence-electron chi connectivity index (χ1n) is 5.84. The molecule has 1 aromatic carbocycles. The van der Waals surface area contributed by atoms with Crippen molar-refractivity contribution in [2.75, 3.05) is 6.16 Å². The highest BCUT2D eigenvalue weighted by Gasteiger charge is 2.34. The van der Waals surface area contributed by atoms with Crippen molar-refractivity contribution in [3.63, 3.8) is 0 Å². The van der Waals surface area contributed by atoms with Crippen molar-refractivity contribution in [2.24, 2.45) is 5.73 Å². The Bertz CT molecular complexity index is 472. The number of carboxylic acids is 1. The van der Waals surface area contributed by atoms with E-state index in [4.69, 9.17) is 15.5 Å². The van der Waals surface area contributed by atoms with Crippen LogP contribution < -0.4 is 5.73 Å². The summed E-state index contributed by atoms with van der Waals surface area (Å²) in [7, 11) is -4.11. The Morgan fingerprint density at radius 2 is 1.84 bits per heavy atom. The summed E-state index contributed by atoms with van der Waals surface area (Å²) >= 11 is 0. The Balaban J connectivity index is 2.69. The summed E-state index contributed by atoms with van der Waals surface area (Å²) in [5, 5.41) is 9.20. The molecule has 0 aliphatic heterocycles. The number of hydrogen-bond donors (Lipinski definition) is 4. The van der Waals surface area contributed by atoms with Crippen LogP contribution in [0.5, 0.6) is 0 Å². The molecule has 0 aliphatic rings. The van der Waals surface area contributed by atoms with Gasteiger partial charge in [-0.05, 0) is 18.4 Å². The molecule has 0 saturated carbocycles.